The van der Waals surface area contributed by atoms with Crippen LogP contribution in [0.25, 0.3) is 11.1 Å². The van der Waals surface area contributed by atoms with E-state index in [0.29, 0.717) is 13.1 Å². The molecule has 0 radical (unpaired) electrons. The van der Waals surface area contributed by atoms with Crippen molar-refractivity contribution in [1.29, 1.82) is 0 Å². The standard InChI is InChI=1S/C37H43N3O4/c1-4-38-37(42)39-22-32-12-8-9-13-33(32)29-18-20-31(21-19-29)36-43-34(24-40(3)23-27-10-6-5-7-11-27)26(2)35(44-36)30-16-14-28(25-41)15-17-30/h5-21,26,34-36,41H,4,22-25H2,1-3H3,(H2,38,39,42)/t26-,34+,35+,36+/m0/s1. The van der Waals surface area contributed by atoms with E-state index in [2.05, 4.69) is 96.2 Å². The lowest BCUT2D eigenvalue weighted by molar-refractivity contribution is -0.276. The summed E-state index contributed by atoms with van der Waals surface area (Å²) < 4.78 is 13.4. The molecule has 3 N–H and O–H groups in total. The van der Waals surface area contributed by atoms with E-state index >= 15 is 0 Å². The second-order valence-electron chi connectivity index (χ2n) is 11.5. The lowest BCUT2D eigenvalue weighted by Gasteiger charge is -2.42. The number of carbonyl (C=O) groups excluding carboxylic acids is 1. The van der Waals surface area contributed by atoms with E-state index in [-0.39, 0.29) is 30.8 Å². The Kier molecular flexibility index (Phi) is 10.8. The zero-order chi connectivity index (χ0) is 30.9. The number of nitrogens with zero attached hydrogens (tertiary/aromatic N) is 1. The van der Waals surface area contributed by atoms with Gasteiger partial charge in [-0.05, 0) is 47.4 Å². The minimum absolute atomic E-state index is 0.0114. The van der Waals surface area contributed by atoms with Crippen molar-refractivity contribution in [2.45, 2.75) is 52.0 Å². The van der Waals surface area contributed by atoms with Crippen molar-refractivity contribution >= 4 is 6.03 Å². The molecule has 5 rings (SSSR count). The van der Waals surface area contributed by atoms with Crippen molar-refractivity contribution < 1.29 is 19.4 Å². The average molecular weight is 594 g/mol. The van der Waals surface area contributed by atoms with E-state index in [9.17, 15) is 9.90 Å². The summed E-state index contributed by atoms with van der Waals surface area (Å²) in [6.45, 7) is 6.70. The maximum Gasteiger partial charge on any atom is 0.315 e. The minimum atomic E-state index is -0.535. The van der Waals surface area contributed by atoms with Crippen molar-refractivity contribution in [2.24, 2.45) is 5.92 Å². The molecule has 1 heterocycles. The smallest absolute Gasteiger partial charge is 0.315 e. The van der Waals surface area contributed by atoms with Crippen LogP contribution in [0.1, 0.15) is 54.1 Å². The first-order valence-electron chi connectivity index (χ1n) is 15.4. The molecule has 4 aromatic carbocycles. The number of urea groups is 1. The molecule has 0 aromatic heterocycles. The van der Waals surface area contributed by atoms with Crippen LogP contribution in [-0.2, 0) is 29.2 Å². The lowest BCUT2D eigenvalue weighted by Crippen LogP contribution is -2.43. The van der Waals surface area contributed by atoms with Crippen molar-refractivity contribution in [3.8, 4) is 11.1 Å². The number of benzene rings is 4. The molecule has 1 aliphatic rings. The molecule has 230 valence electrons. The Balaban J connectivity index is 1.36. The fraction of sp³-hybridized carbons (Fsp3) is 0.324. The highest BCUT2D eigenvalue weighted by Gasteiger charge is 2.38. The monoisotopic (exact) mass is 593 g/mol. The number of likely N-dealkylation sites (N-methyl/N-ethyl adjacent to an activating group) is 1. The Morgan fingerprint density at radius 2 is 1.50 bits per heavy atom. The Labute approximate surface area is 260 Å². The highest BCUT2D eigenvalue weighted by Crippen LogP contribution is 2.42. The maximum atomic E-state index is 12.0. The number of nitrogens with one attached hydrogen (secondary N) is 2. The van der Waals surface area contributed by atoms with Gasteiger partial charge in [0.2, 0.25) is 0 Å². The van der Waals surface area contributed by atoms with E-state index in [1.54, 1.807) is 0 Å². The maximum absolute atomic E-state index is 12.0. The van der Waals surface area contributed by atoms with Crippen LogP contribution in [0.3, 0.4) is 0 Å². The van der Waals surface area contributed by atoms with Gasteiger partial charge in [0.1, 0.15) is 0 Å². The Morgan fingerprint density at radius 1 is 0.818 bits per heavy atom. The molecule has 1 fully saturated rings. The molecule has 44 heavy (non-hydrogen) atoms. The summed E-state index contributed by atoms with van der Waals surface area (Å²) in [7, 11) is 2.13. The van der Waals surface area contributed by atoms with Gasteiger partial charge < -0.3 is 25.2 Å². The Hall–Kier alpha value is -4.01. The van der Waals surface area contributed by atoms with Gasteiger partial charge in [-0.2, -0.15) is 0 Å². The molecule has 1 aliphatic heterocycles. The first kappa shape index (κ1) is 31.4. The summed E-state index contributed by atoms with van der Waals surface area (Å²) in [5.41, 5.74) is 7.33. The largest absolute Gasteiger partial charge is 0.392 e. The highest BCUT2D eigenvalue weighted by atomic mass is 16.7. The van der Waals surface area contributed by atoms with Crippen LogP contribution in [0, 0.1) is 5.92 Å². The molecule has 7 heteroatoms. The highest BCUT2D eigenvalue weighted by molar-refractivity contribution is 5.74. The number of aliphatic hydroxyl groups is 1. The minimum Gasteiger partial charge on any atom is -0.392 e. The summed E-state index contributed by atoms with van der Waals surface area (Å²) in [4.78, 5) is 14.3. The number of hydrogen-bond donors (Lipinski definition) is 3. The molecule has 2 amide bonds. The van der Waals surface area contributed by atoms with Crippen LogP contribution in [0.5, 0.6) is 0 Å². The normalized spacial score (nSPS) is 19.9. The summed E-state index contributed by atoms with van der Waals surface area (Å²) in [5, 5.41) is 15.3. The molecule has 0 bridgehead atoms. The number of rotatable bonds is 11. The molecule has 4 atom stereocenters. The number of hydrogen-bond acceptors (Lipinski definition) is 5. The molecule has 4 aromatic rings. The van der Waals surface area contributed by atoms with Gasteiger partial charge in [0.25, 0.3) is 0 Å². The van der Waals surface area contributed by atoms with Gasteiger partial charge in [0, 0.05) is 37.7 Å². The molecule has 0 aliphatic carbocycles. The molecule has 0 unspecified atom stereocenters. The quantitative estimate of drug-likeness (QED) is 0.183. The third-order valence-electron chi connectivity index (χ3n) is 8.20. The summed E-state index contributed by atoms with van der Waals surface area (Å²) >= 11 is 0. The van der Waals surface area contributed by atoms with Gasteiger partial charge in [-0.15, -0.1) is 0 Å². The van der Waals surface area contributed by atoms with Crippen molar-refractivity contribution in [1.82, 2.24) is 15.5 Å². The van der Waals surface area contributed by atoms with Crippen molar-refractivity contribution in [3.05, 3.63) is 131 Å². The second-order valence-corrected chi connectivity index (χ2v) is 11.5. The van der Waals surface area contributed by atoms with Crippen molar-refractivity contribution in [2.75, 3.05) is 20.1 Å². The van der Waals surface area contributed by atoms with Crippen LogP contribution in [0.2, 0.25) is 0 Å². The molecular weight excluding hydrogens is 550 g/mol. The molecule has 1 saturated heterocycles. The topological polar surface area (TPSA) is 83.1 Å². The number of amides is 2. The van der Waals surface area contributed by atoms with Crippen LogP contribution < -0.4 is 10.6 Å². The van der Waals surface area contributed by atoms with E-state index in [0.717, 1.165) is 46.5 Å². The van der Waals surface area contributed by atoms with Crippen LogP contribution in [0.15, 0.2) is 103 Å². The predicted octanol–water partition coefficient (Wildman–Crippen LogP) is 6.59. The first-order valence-corrected chi connectivity index (χ1v) is 15.4. The van der Waals surface area contributed by atoms with Gasteiger partial charge in [-0.1, -0.05) is 110 Å². The van der Waals surface area contributed by atoms with E-state index in [1.165, 1.54) is 5.56 Å². The van der Waals surface area contributed by atoms with Gasteiger partial charge in [-0.25, -0.2) is 4.79 Å². The van der Waals surface area contributed by atoms with Crippen LogP contribution >= 0.6 is 0 Å². The van der Waals surface area contributed by atoms with Gasteiger partial charge in [0.15, 0.2) is 6.29 Å². The predicted molar refractivity (Wildman–Crippen MR) is 174 cm³/mol. The number of carbonyl (C=O) groups is 1. The number of ether oxygens (including phenoxy) is 2. The van der Waals surface area contributed by atoms with Crippen molar-refractivity contribution in [3.63, 3.8) is 0 Å². The van der Waals surface area contributed by atoms with Crippen LogP contribution in [0.4, 0.5) is 4.79 Å². The second kappa shape index (κ2) is 15.1. The summed E-state index contributed by atoms with van der Waals surface area (Å²) in [5.74, 6) is 0.105. The Bertz CT molecular complexity index is 1480. The van der Waals surface area contributed by atoms with Gasteiger partial charge in [-0.3, -0.25) is 4.90 Å². The zero-order valence-corrected chi connectivity index (χ0v) is 25.8. The Morgan fingerprint density at radius 3 is 2.20 bits per heavy atom. The van der Waals surface area contributed by atoms with E-state index in [1.807, 2.05) is 43.3 Å². The van der Waals surface area contributed by atoms with E-state index < -0.39 is 6.29 Å². The molecule has 7 nitrogen and oxygen atoms in total. The van der Waals surface area contributed by atoms with E-state index in [4.69, 9.17) is 9.47 Å². The number of aliphatic hydroxyl groups excluding tert-OH is 1. The summed E-state index contributed by atoms with van der Waals surface area (Å²) in [6, 6.07) is 34.7. The fourth-order valence-electron chi connectivity index (χ4n) is 5.77. The summed E-state index contributed by atoms with van der Waals surface area (Å²) in [6.07, 6.45) is -0.768. The molecule has 0 spiro atoms. The zero-order valence-electron chi connectivity index (χ0n) is 25.8. The molecule has 0 saturated carbocycles. The average Bonchev–Trinajstić information content (AvgIpc) is 3.05. The fourth-order valence-corrected chi connectivity index (χ4v) is 5.77. The third-order valence-corrected chi connectivity index (χ3v) is 8.20. The lowest BCUT2D eigenvalue weighted by atomic mass is 9.90. The van der Waals surface area contributed by atoms with Gasteiger partial charge >= 0.3 is 6.03 Å². The van der Waals surface area contributed by atoms with Crippen LogP contribution in [-0.4, -0.2) is 42.3 Å². The van der Waals surface area contributed by atoms with Gasteiger partial charge in [0.05, 0.1) is 18.8 Å². The SMILES string of the molecule is CCNC(=O)NCc1ccccc1-c1ccc([C@@H]2O[C@H](CN(C)Cc3ccccc3)[C@H](C)[C@H](c3ccc(CO)cc3)O2)cc1. The molecular formula is C37H43N3O4. The first-order chi connectivity index (χ1) is 21.4. The third kappa shape index (κ3) is 7.92.